The molecule has 128 valence electrons. The van der Waals surface area contributed by atoms with Crippen LogP contribution in [0.2, 0.25) is 0 Å². The first-order valence-corrected chi connectivity index (χ1v) is 8.06. The Hall–Kier alpha value is -1.73. The number of amides is 1. The van der Waals surface area contributed by atoms with Crippen molar-refractivity contribution in [2.75, 3.05) is 39.0 Å². The zero-order valence-electron chi connectivity index (χ0n) is 14.4. The largest absolute Gasteiger partial charge is 0.390 e. The molecule has 0 aliphatic carbocycles. The van der Waals surface area contributed by atoms with Gasteiger partial charge in [-0.1, -0.05) is 13.8 Å². The molecule has 0 bridgehead atoms. The summed E-state index contributed by atoms with van der Waals surface area (Å²) in [5.74, 6) is 0.986. The number of aromatic nitrogens is 2. The molecule has 1 aromatic rings. The van der Waals surface area contributed by atoms with Gasteiger partial charge in [0.1, 0.15) is 0 Å². The van der Waals surface area contributed by atoms with E-state index in [2.05, 4.69) is 29.1 Å². The van der Waals surface area contributed by atoms with Crippen molar-refractivity contribution in [3.8, 4) is 0 Å². The predicted molar refractivity (Wildman–Crippen MR) is 89.3 cm³/mol. The summed E-state index contributed by atoms with van der Waals surface area (Å²) in [7, 11) is 3.48. The SMILES string of the molecule is CC(C)c1cnc(N[C@H]2CCN(CC(=O)N(C)C)C[C@@H]2O)nc1. The van der Waals surface area contributed by atoms with E-state index in [1.54, 1.807) is 19.0 Å². The Morgan fingerprint density at radius 2 is 2.09 bits per heavy atom. The molecule has 23 heavy (non-hydrogen) atoms. The third-order valence-corrected chi connectivity index (χ3v) is 4.18. The van der Waals surface area contributed by atoms with Crippen LogP contribution in [0.25, 0.3) is 0 Å². The van der Waals surface area contributed by atoms with Gasteiger partial charge in [0.15, 0.2) is 0 Å². The minimum absolute atomic E-state index is 0.0521. The molecule has 1 aliphatic rings. The predicted octanol–water partition coefficient (Wildman–Crippen LogP) is 0.535. The van der Waals surface area contributed by atoms with Gasteiger partial charge in [0.05, 0.1) is 18.7 Å². The Labute approximate surface area is 137 Å². The summed E-state index contributed by atoms with van der Waals surface area (Å²) < 4.78 is 0. The third kappa shape index (κ3) is 4.87. The summed E-state index contributed by atoms with van der Waals surface area (Å²) in [4.78, 5) is 23.9. The highest BCUT2D eigenvalue weighted by molar-refractivity contribution is 5.77. The van der Waals surface area contributed by atoms with Crippen LogP contribution in [0.3, 0.4) is 0 Å². The van der Waals surface area contributed by atoms with Crippen LogP contribution in [0.1, 0.15) is 31.7 Å². The summed E-state index contributed by atoms with van der Waals surface area (Å²) in [6.45, 7) is 5.77. The van der Waals surface area contributed by atoms with Crippen molar-refractivity contribution in [1.82, 2.24) is 19.8 Å². The zero-order valence-corrected chi connectivity index (χ0v) is 14.4. The first-order valence-electron chi connectivity index (χ1n) is 8.06. The van der Waals surface area contributed by atoms with Crippen LogP contribution in [0, 0.1) is 0 Å². The number of aliphatic hydroxyl groups excluding tert-OH is 1. The van der Waals surface area contributed by atoms with E-state index in [0.29, 0.717) is 25.0 Å². The molecule has 2 atom stereocenters. The third-order valence-electron chi connectivity index (χ3n) is 4.18. The van der Waals surface area contributed by atoms with E-state index < -0.39 is 6.10 Å². The van der Waals surface area contributed by atoms with E-state index in [1.165, 1.54) is 0 Å². The van der Waals surface area contributed by atoms with Crippen molar-refractivity contribution in [2.45, 2.75) is 38.3 Å². The number of piperidine rings is 1. The highest BCUT2D eigenvalue weighted by atomic mass is 16.3. The molecule has 0 radical (unpaired) electrons. The second-order valence-corrected chi connectivity index (χ2v) is 6.62. The Balaban J connectivity index is 1.87. The summed E-state index contributed by atoms with van der Waals surface area (Å²) in [5, 5.41) is 13.5. The molecule has 2 N–H and O–H groups in total. The van der Waals surface area contributed by atoms with E-state index in [4.69, 9.17) is 0 Å². The Morgan fingerprint density at radius 3 is 2.61 bits per heavy atom. The molecule has 0 spiro atoms. The van der Waals surface area contributed by atoms with Crippen molar-refractivity contribution in [1.29, 1.82) is 0 Å². The van der Waals surface area contributed by atoms with Gasteiger partial charge < -0.3 is 15.3 Å². The molecule has 0 unspecified atom stereocenters. The number of likely N-dealkylation sites (N-methyl/N-ethyl adjacent to an activating group) is 1. The molecule has 0 saturated carbocycles. The van der Waals surface area contributed by atoms with Crippen molar-refractivity contribution in [3.05, 3.63) is 18.0 Å². The van der Waals surface area contributed by atoms with Crippen LogP contribution in [-0.4, -0.2) is 76.7 Å². The summed E-state index contributed by atoms with van der Waals surface area (Å²) >= 11 is 0. The molecule has 0 aromatic carbocycles. The monoisotopic (exact) mass is 321 g/mol. The Kier molecular flexibility index (Phi) is 5.90. The molecule has 2 heterocycles. The molecule has 1 aromatic heterocycles. The van der Waals surface area contributed by atoms with Crippen LogP contribution in [0.15, 0.2) is 12.4 Å². The van der Waals surface area contributed by atoms with E-state index in [0.717, 1.165) is 18.5 Å². The highest BCUT2D eigenvalue weighted by Gasteiger charge is 2.29. The van der Waals surface area contributed by atoms with Gasteiger partial charge in [-0.15, -0.1) is 0 Å². The Morgan fingerprint density at radius 1 is 1.43 bits per heavy atom. The number of hydrogen-bond donors (Lipinski definition) is 2. The first kappa shape index (κ1) is 17.6. The lowest BCUT2D eigenvalue weighted by atomic mass is 10.0. The van der Waals surface area contributed by atoms with Crippen LogP contribution < -0.4 is 5.32 Å². The molecule has 1 amide bonds. The molecule has 1 fully saturated rings. The van der Waals surface area contributed by atoms with Gasteiger partial charge >= 0.3 is 0 Å². The number of anilines is 1. The zero-order chi connectivity index (χ0) is 17.0. The van der Waals surface area contributed by atoms with E-state index in [1.807, 2.05) is 17.3 Å². The number of aliphatic hydroxyl groups is 1. The fourth-order valence-corrected chi connectivity index (χ4v) is 2.52. The summed E-state index contributed by atoms with van der Waals surface area (Å²) in [5.41, 5.74) is 1.09. The van der Waals surface area contributed by atoms with Gasteiger partial charge in [0.2, 0.25) is 11.9 Å². The number of carbonyl (C=O) groups excluding carboxylic acids is 1. The number of nitrogens with zero attached hydrogens (tertiary/aromatic N) is 4. The van der Waals surface area contributed by atoms with E-state index >= 15 is 0 Å². The number of rotatable bonds is 5. The molecule has 1 aliphatic heterocycles. The lowest BCUT2D eigenvalue weighted by molar-refractivity contribution is -0.130. The van der Waals surface area contributed by atoms with Crippen molar-refractivity contribution >= 4 is 11.9 Å². The number of β-amino-alcohol motifs (C(OH)–C–C–N with tert-alkyl or cyclic N) is 1. The van der Waals surface area contributed by atoms with Gasteiger partial charge in [-0.25, -0.2) is 9.97 Å². The average Bonchev–Trinajstić information content (AvgIpc) is 2.50. The minimum Gasteiger partial charge on any atom is -0.390 e. The van der Waals surface area contributed by atoms with Crippen molar-refractivity contribution in [2.24, 2.45) is 0 Å². The maximum Gasteiger partial charge on any atom is 0.236 e. The maximum absolute atomic E-state index is 11.7. The van der Waals surface area contributed by atoms with E-state index in [-0.39, 0.29) is 11.9 Å². The van der Waals surface area contributed by atoms with Gasteiger partial charge in [-0.3, -0.25) is 9.69 Å². The standard InChI is InChI=1S/C16H27N5O2/c1-11(2)12-7-17-16(18-8-12)19-13-5-6-21(9-14(13)22)10-15(23)20(3)4/h7-8,11,13-14,22H,5-6,9-10H2,1-4H3,(H,17,18,19)/t13-,14-/m0/s1. The topological polar surface area (TPSA) is 81.6 Å². The fraction of sp³-hybridized carbons (Fsp3) is 0.688. The first-order chi connectivity index (χ1) is 10.9. The molecular weight excluding hydrogens is 294 g/mol. The molecule has 2 rings (SSSR count). The summed E-state index contributed by atoms with van der Waals surface area (Å²) in [6.07, 6.45) is 3.83. The lowest BCUT2D eigenvalue weighted by Gasteiger charge is -2.36. The number of hydrogen-bond acceptors (Lipinski definition) is 6. The second kappa shape index (κ2) is 7.70. The van der Waals surface area contributed by atoms with Gasteiger partial charge in [-0.05, 0) is 17.9 Å². The van der Waals surface area contributed by atoms with Crippen molar-refractivity contribution < 1.29 is 9.90 Å². The van der Waals surface area contributed by atoms with Gasteiger partial charge in [0.25, 0.3) is 0 Å². The molecule has 7 nitrogen and oxygen atoms in total. The second-order valence-electron chi connectivity index (χ2n) is 6.62. The average molecular weight is 321 g/mol. The number of likely N-dealkylation sites (tertiary alicyclic amines) is 1. The molecule has 1 saturated heterocycles. The minimum atomic E-state index is -0.549. The van der Waals surface area contributed by atoms with Crippen LogP contribution in [-0.2, 0) is 4.79 Å². The quantitative estimate of drug-likeness (QED) is 0.823. The fourth-order valence-electron chi connectivity index (χ4n) is 2.52. The number of nitrogens with one attached hydrogen (secondary N) is 1. The van der Waals surface area contributed by atoms with Crippen LogP contribution in [0.5, 0.6) is 0 Å². The Bertz CT molecular complexity index is 518. The number of carbonyl (C=O) groups is 1. The molecular formula is C16H27N5O2. The summed E-state index contributed by atoms with van der Waals surface area (Å²) in [6, 6.07) is -0.0920. The lowest BCUT2D eigenvalue weighted by Crippen LogP contribution is -2.52. The van der Waals surface area contributed by atoms with Gasteiger partial charge in [-0.2, -0.15) is 0 Å². The van der Waals surface area contributed by atoms with Gasteiger partial charge in [0, 0.05) is 39.6 Å². The van der Waals surface area contributed by atoms with E-state index in [9.17, 15) is 9.90 Å². The van der Waals surface area contributed by atoms with Crippen molar-refractivity contribution in [3.63, 3.8) is 0 Å². The smallest absolute Gasteiger partial charge is 0.236 e. The maximum atomic E-state index is 11.7. The van der Waals surface area contributed by atoms with Crippen LogP contribution >= 0.6 is 0 Å². The highest BCUT2D eigenvalue weighted by Crippen LogP contribution is 2.16. The normalized spacial score (nSPS) is 22.2. The van der Waals surface area contributed by atoms with Crippen LogP contribution in [0.4, 0.5) is 5.95 Å². The molecule has 7 heteroatoms.